The summed E-state index contributed by atoms with van der Waals surface area (Å²) in [5.74, 6) is 1.49. The second kappa shape index (κ2) is 6.83. The Hall–Kier alpha value is -1.43. The summed E-state index contributed by atoms with van der Waals surface area (Å²) in [5, 5.41) is 9.68. The van der Waals surface area contributed by atoms with Gasteiger partial charge in [-0.25, -0.2) is 4.98 Å². The molecule has 1 fully saturated rings. The number of hydrogen-bond acceptors (Lipinski definition) is 4. The number of aromatic nitrogens is 3. The molecule has 2 rings (SSSR count). The van der Waals surface area contributed by atoms with Crippen LogP contribution in [0.5, 0.6) is 0 Å². The van der Waals surface area contributed by atoms with Crippen LogP contribution in [0.25, 0.3) is 0 Å². The van der Waals surface area contributed by atoms with Gasteiger partial charge in [-0.2, -0.15) is 0 Å². The normalized spacial score (nSPS) is 17.6. The maximum atomic E-state index is 12.0. The minimum absolute atomic E-state index is 0.193. The average Bonchev–Trinajstić information content (AvgIpc) is 3.06. The van der Waals surface area contributed by atoms with Gasteiger partial charge in [-0.1, -0.05) is 20.8 Å². The predicted octanol–water partition coefficient (Wildman–Crippen LogP) is 1.39. The number of amides is 1. The first-order valence-electron chi connectivity index (χ1n) is 7.49. The number of likely N-dealkylation sites (tertiary alicyclic amines) is 1. The summed E-state index contributed by atoms with van der Waals surface area (Å²) in [4.78, 5) is 18.6. The Kier molecular flexibility index (Phi) is 5.11. The minimum Gasteiger partial charge on any atom is -0.349 e. The molecule has 6 heteroatoms. The van der Waals surface area contributed by atoms with Gasteiger partial charge in [-0.3, -0.25) is 9.89 Å². The lowest BCUT2D eigenvalue weighted by Crippen LogP contribution is -2.34. The van der Waals surface area contributed by atoms with Crippen molar-refractivity contribution in [1.82, 2.24) is 25.4 Å². The van der Waals surface area contributed by atoms with Crippen LogP contribution in [0.4, 0.5) is 0 Å². The van der Waals surface area contributed by atoms with Crippen molar-refractivity contribution in [1.29, 1.82) is 0 Å². The fourth-order valence-electron chi connectivity index (χ4n) is 2.45. The fraction of sp³-hybridized carbons (Fsp3) is 0.786. The molecule has 112 valence electrons. The Morgan fingerprint density at radius 1 is 1.35 bits per heavy atom. The average molecular weight is 279 g/mol. The molecular formula is C14H25N5O. The molecule has 0 aromatic carbocycles. The summed E-state index contributed by atoms with van der Waals surface area (Å²) in [6, 6.07) is 0. The number of nitrogens with zero attached hydrogens (tertiary/aromatic N) is 3. The summed E-state index contributed by atoms with van der Waals surface area (Å²) in [6.07, 6.45) is 2.60. The van der Waals surface area contributed by atoms with E-state index in [1.54, 1.807) is 0 Å². The highest BCUT2D eigenvalue weighted by molar-refractivity contribution is 5.90. The van der Waals surface area contributed by atoms with Gasteiger partial charge in [-0.05, 0) is 31.8 Å². The van der Waals surface area contributed by atoms with Crippen molar-refractivity contribution in [2.45, 2.75) is 39.5 Å². The molecule has 20 heavy (non-hydrogen) atoms. The van der Waals surface area contributed by atoms with E-state index < -0.39 is 0 Å². The van der Waals surface area contributed by atoms with Gasteiger partial charge >= 0.3 is 0 Å². The molecule has 1 aliphatic heterocycles. The van der Waals surface area contributed by atoms with Crippen LogP contribution in [0.15, 0.2) is 0 Å². The molecular weight excluding hydrogens is 254 g/mol. The van der Waals surface area contributed by atoms with E-state index in [1.807, 2.05) is 13.8 Å². The van der Waals surface area contributed by atoms with E-state index in [2.05, 4.69) is 32.3 Å². The Labute approximate surface area is 120 Å². The van der Waals surface area contributed by atoms with Crippen LogP contribution < -0.4 is 5.32 Å². The number of carbonyl (C=O) groups is 1. The topological polar surface area (TPSA) is 73.9 Å². The molecule has 0 saturated carbocycles. The molecule has 0 spiro atoms. The zero-order valence-electron chi connectivity index (χ0n) is 12.6. The summed E-state index contributed by atoms with van der Waals surface area (Å²) >= 11 is 0. The molecule has 1 aromatic rings. The largest absolute Gasteiger partial charge is 0.349 e. The minimum atomic E-state index is -0.193. The first kappa shape index (κ1) is 15.0. The first-order chi connectivity index (χ1) is 9.56. The van der Waals surface area contributed by atoms with E-state index in [0.29, 0.717) is 12.5 Å². The van der Waals surface area contributed by atoms with Crippen LogP contribution in [0, 0.1) is 5.92 Å². The van der Waals surface area contributed by atoms with Gasteiger partial charge in [0.05, 0.1) is 0 Å². The molecule has 2 heterocycles. The number of carbonyl (C=O) groups excluding carboxylic acids is 1. The lowest BCUT2D eigenvalue weighted by atomic mass is 10.1. The van der Waals surface area contributed by atoms with Crippen molar-refractivity contribution in [3.8, 4) is 0 Å². The van der Waals surface area contributed by atoms with Crippen molar-refractivity contribution >= 4 is 5.91 Å². The van der Waals surface area contributed by atoms with Gasteiger partial charge < -0.3 is 10.2 Å². The second-order valence-electron chi connectivity index (χ2n) is 6.02. The van der Waals surface area contributed by atoms with Crippen molar-refractivity contribution in [2.75, 3.05) is 26.2 Å². The number of aromatic amines is 1. The Morgan fingerprint density at radius 2 is 2.05 bits per heavy atom. The Bertz CT molecular complexity index is 437. The number of hydrogen-bond donors (Lipinski definition) is 2. The van der Waals surface area contributed by atoms with Crippen LogP contribution in [0.1, 0.15) is 56.0 Å². The Balaban J connectivity index is 1.75. The van der Waals surface area contributed by atoms with Gasteiger partial charge in [0.25, 0.3) is 5.91 Å². The number of rotatable bonds is 6. The van der Waals surface area contributed by atoms with E-state index in [0.717, 1.165) is 12.4 Å². The highest BCUT2D eigenvalue weighted by Crippen LogP contribution is 2.10. The fourth-order valence-corrected chi connectivity index (χ4v) is 2.45. The summed E-state index contributed by atoms with van der Waals surface area (Å²) in [7, 11) is 0. The standard InChI is InChI=1S/C14H25N5O/c1-10(2)12-16-13(18-17-12)14(20)15-8-11(3)9-19-6-4-5-7-19/h10-11H,4-9H2,1-3H3,(H,15,20)(H,16,17,18). The number of H-pyrrole nitrogens is 1. The monoisotopic (exact) mass is 279 g/mol. The molecule has 1 aromatic heterocycles. The van der Waals surface area contributed by atoms with Gasteiger partial charge in [-0.15, -0.1) is 5.10 Å². The van der Waals surface area contributed by atoms with Gasteiger partial charge in [0.2, 0.25) is 5.82 Å². The predicted molar refractivity (Wildman–Crippen MR) is 77.6 cm³/mol. The van der Waals surface area contributed by atoms with Crippen molar-refractivity contribution in [2.24, 2.45) is 5.92 Å². The molecule has 1 unspecified atom stereocenters. The van der Waals surface area contributed by atoms with Crippen molar-refractivity contribution in [3.05, 3.63) is 11.6 Å². The highest BCUT2D eigenvalue weighted by atomic mass is 16.2. The molecule has 0 radical (unpaired) electrons. The third-order valence-corrected chi connectivity index (χ3v) is 3.63. The van der Waals surface area contributed by atoms with Crippen LogP contribution in [0.3, 0.4) is 0 Å². The van der Waals surface area contributed by atoms with E-state index >= 15 is 0 Å². The smallest absolute Gasteiger partial charge is 0.290 e. The third kappa shape index (κ3) is 4.03. The molecule has 6 nitrogen and oxygen atoms in total. The molecule has 1 saturated heterocycles. The van der Waals surface area contributed by atoms with E-state index in [-0.39, 0.29) is 17.6 Å². The molecule has 2 N–H and O–H groups in total. The Morgan fingerprint density at radius 3 is 2.65 bits per heavy atom. The molecule has 1 amide bonds. The van der Waals surface area contributed by atoms with Gasteiger partial charge in [0.15, 0.2) is 0 Å². The van der Waals surface area contributed by atoms with Crippen LogP contribution in [-0.2, 0) is 0 Å². The highest BCUT2D eigenvalue weighted by Gasteiger charge is 2.17. The zero-order chi connectivity index (χ0) is 14.5. The van der Waals surface area contributed by atoms with Crippen LogP contribution in [0.2, 0.25) is 0 Å². The molecule has 1 atom stereocenters. The van der Waals surface area contributed by atoms with Crippen molar-refractivity contribution in [3.63, 3.8) is 0 Å². The zero-order valence-corrected chi connectivity index (χ0v) is 12.6. The number of nitrogens with one attached hydrogen (secondary N) is 2. The maximum absolute atomic E-state index is 12.0. The molecule has 1 aliphatic rings. The quantitative estimate of drug-likeness (QED) is 0.825. The van der Waals surface area contributed by atoms with Crippen molar-refractivity contribution < 1.29 is 4.79 Å². The van der Waals surface area contributed by atoms with E-state index in [9.17, 15) is 4.79 Å². The first-order valence-corrected chi connectivity index (χ1v) is 7.49. The summed E-state index contributed by atoms with van der Waals surface area (Å²) in [6.45, 7) is 10.3. The maximum Gasteiger partial charge on any atom is 0.290 e. The molecule has 0 bridgehead atoms. The molecule has 0 aliphatic carbocycles. The summed E-state index contributed by atoms with van der Waals surface area (Å²) < 4.78 is 0. The SMILES string of the molecule is CC(CNC(=O)c1n[nH]c(C(C)C)n1)CN1CCCC1. The summed E-state index contributed by atoms with van der Waals surface area (Å²) in [5.41, 5.74) is 0. The van der Waals surface area contributed by atoms with Crippen LogP contribution in [-0.4, -0.2) is 52.2 Å². The van der Waals surface area contributed by atoms with Gasteiger partial charge in [0.1, 0.15) is 5.82 Å². The lowest BCUT2D eigenvalue weighted by Gasteiger charge is -2.20. The van der Waals surface area contributed by atoms with Gasteiger partial charge in [0, 0.05) is 19.0 Å². The van der Waals surface area contributed by atoms with E-state index in [4.69, 9.17) is 0 Å². The third-order valence-electron chi connectivity index (χ3n) is 3.63. The second-order valence-corrected chi connectivity index (χ2v) is 6.02. The van der Waals surface area contributed by atoms with E-state index in [1.165, 1.54) is 25.9 Å². The lowest BCUT2D eigenvalue weighted by molar-refractivity contribution is 0.0935. The van der Waals surface area contributed by atoms with Crippen LogP contribution >= 0.6 is 0 Å².